The third kappa shape index (κ3) is 3.40. The minimum Gasteiger partial charge on any atom is -0.346 e. The lowest BCUT2D eigenvalue weighted by atomic mass is 10.1. The van der Waals surface area contributed by atoms with E-state index in [9.17, 15) is 4.79 Å². The number of amides is 1. The van der Waals surface area contributed by atoms with E-state index >= 15 is 0 Å². The third-order valence-electron chi connectivity index (χ3n) is 1.62. The Morgan fingerprint density at radius 2 is 2.36 bits per heavy atom. The molecule has 1 aromatic heterocycles. The van der Waals surface area contributed by atoms with Crippen molar-refractivity contribution in [3.63, 3.8) is 0 Å². The van der Waals surface area contributed by atoms with Crippen molar-refractivity contribution in [3.05, 3.63) is 19.9 Å². The SMILES string of the molecule is CC(C)(CCl)NC(=O)c1csc(I)c1. The number of hydrogen-bond acceptors (Lipinski definition) is 2. The number of hydrogen-bond donors (Lipinski definition) is 1. The van der Waals surface area contributed by atoms with Crippen LogP contribution in [0.1, 0.15) is 24.2 Å². The number of thiophene rings is 1. The molecule has 78 valence electrons. The standard InChI is InChI=1S/C9H11ClINOS/c1-9(2,5-10)12-8(13)6-3-7(11)14-4-6/h3-4H,5H2,1-2H3,(H,12,13). The highest BCUT2D eigenvalue weighted by atomic mass is 127. The summed E-state index contributed by atoms with van der Waals surface area (Å²) in [5.41, 5.74) is 0.351. The number of alkyl halides is 1. The van der Waals surface area contributed by atoms with Gasteiger partial charge in [-0.15, -0.1) is 22.9 Å². The van der Waals surface area contributed by atoms with Gasteiger partial charge in [-0.1, -0.05) is 0 Å². The molecule has 0 atom stereocenters. The van der Waals surface area contributed by atoms with Crippen molar-refractivity contribution in [3.8, 4) is 0 Å². The topological polar surface area (TPSA) is 29.1 Å². The molecule has 1 amide bonds. The summed E-state index contributed by atoms with van der Waals surface area (Å²) in [5.74, 6) is 0.342. The Bertz CT molecular complexity index is 337. The molecule has 0 aliphatic rings. The number of halogens is 2. The Morgan fingerprint density at radius 3 is 2.79 bits per heavy atom. The molecule has 0 saturated carbocycles. The van der Waals surface area contributed by atoms with Crippen LogP contribution >= 0.6 is 45.5 Å². The Labute approximate surface area is 106 Å². The smallest absolute Gasteiger partial charge is 0.252 e. The molecule has 2 nitrogen and oxygen atoms in total. The zero-order chi connectivity index (χ0) is 10.8. The lowest BCUT2D eigenvalue weighted by Crippen LogP contribution is -2.44. The monoisotopic (exact) mass is 343 g/mol. The van der Waals surface area contributed by atoms with Gasteiger partial charge in [0, 0.05) is 16.8 Å². The Kier molecular flexibility index (Phi) is 4.21. The van der Waals surface area contributed by atoms with E-state index in [2.05, 4.69) is 27.9 Å². The van der Waals surface area contributed by atoms with Crippen molar-refractivity contribution in [2.45, 2.75) is 19.4 Å². The Hall–Kier alpha value is 0.190. The summed E-state index contributed by atoms with van der Waals surface area (Å²) in [5, 5.41) is 4.72. The predicted molar refractivity (Wildman–Crippen MR) is 69.3 cm³/mol. The van der Waals surface area contributed by atoms with Crippen LogP contribution in [0.25, 0.3) is 0 Å². The second kappa shape index (κ2) is 4.81. The van der Waals surface area contributed by atoms with Gasteiger partial charge in [0.05, 0.1) is 8.45 Å². The lowest BCUT2D eigenvalue weighted by molar-refractivity contribution is 0.0921. The molecule has 0 radical (unpaired) electrons. The van der Waals surface area contributed by atoms with Gasteiger partial charge >= 0.3 is 0 Å². The molecule has 0 aliphatic carbocycles. The molecule has 1 N–H and O–H groups in total. The van der Waals surface area contributed by atoms with Crippen molar-refractivity contribution in [2.75, 3.05) is 5.88 Å². The van der Waals surface area contributed by atoms with E-state index in [1.165, 1.54) is 0 Å². The van der Waals surface area contributed by atoms with Gasteiger partial charge in [0.1, 0.15) is 0 Å². The zero-order valence-corrected chi connectivity index (χ0v) is 11.7. The number of carbonyl (C=O) groups is 1. The second-order valence-electron chi connectivity index (χ2n) is 3.61. The first-order chi connectivity index (χ1) is 6.44. The van der Waals surface area contributed by atoms with E-state index in [0.717, 1.165) is 2.88 Å². The first kappa shape index (κ1) is 12.3. The Balaban J connectivity index is 2.68. The van der Waals surface area contributed by atoms with E-state index in [1.54, 1.807) is 11.3 Å². The molecule has 1 aromatic rings. The van der Waals surface area contributed by atoms with E-state index < -0.39 is 0 Å². The summed E-state index contributed by atoms with van der Waals surface area (Å²) in [7, 11) is 0. The van der Waals surface area contributed by atoms with E-state index in [-0.39, 0.29) is 11.4 Å². The minimum absolute atomic E-state index is 0.0604. The van der Waals surface area contributed by atoms with Gasteiger partial charge in [-0.2, -0.15) is 0 Å². The molecule has 0 fully saturated rings. The molecule has 14 heavy (non-hydrogen) atoms. The lowest BCUT2D eigenvalue weighted by Gasteiger charge is -2.22. The number of nitrogens with one attached hydrogen (secondary N) is 1. The van der Waals surface area contributed by atoms with Crippen molar-refractivity contribution in [1.29, 1.82) is 0 Å². The van der Waals surface area contributed by atoms with Crippen molar-refractivity contribution >= 4 is 51.4 Å². The first-order valence-corrected chi connectivity index (χ1v) is 6.56. The summed E-state index contributed by atoms with van der Waals surface area (Å²) < 4.78 is 1.11. The molecule has 1 heterocycles. The van der Waals surface area contributed by atoms with Crippen LogP contribution < -0.4 is 5.32 Å². The van der Waals surface area contributed by atoms with Crippen molar-refractivity contribution in [1.82, 2.24) is 5.32 Å². The molecule has 0 bridgehead atoms. The fraction of sp³-hybridized carbons (Fsp3) is 0.444. The van der Waals surface area contributed by atoms with Crippen LogP contribution in [-0.2, 0) is 0 Å². The van der Waals surface area contributed by atoms with Crippen LogP contribution in [0.3, 0.4) is 0 Å². The summed E-state index contributed by atoms with van der Waals surface area (Å²) in [6.07, 6.45) is 0. The zero-order valence-electron chi connectivity index (χ0n) is 7.93. The second-order valence-corrected chi connectivity index (χ2v) is 6.68. The number of carbonyl (C=O) groups excluding carboxylic acids is 1. The molecule has 0 aromatic carbocycles. The summed E-state index contributed by atoms with van der Waals surface area (Å²) in [6.45, 7) is 3.80. The summed E-state index contributed by atoms with van der Waals surface area (Å²) in [6, 6.07) is 1.87. The van der Waals surface area contributed by atoms with Gasteiger partial charge in [0.15, 0.2) is 0 Å². The largest absolute Gasteiger partial charge is 0.346 e. The fourth-order valence-electron chi connectivity index (χ4n) is 0.842. The maximum atomic E-state index is 11.7. The first-order valence-electron chi connectivity index (χ1n) is 4.07. The highest BCUT2D eigenvalue weighted by Gasteiger charge is 2.20. The average Bonchev–Trinajstić information content (AvgIpc) is 2.51. The van der Waals surface area contributed by atoms with Crippen LogP contribution in [-0.4, -0.2) is 17.3 Å². The quantitative estimate of drug-likeness (QED) is 0.663. The van der Waals surface area contributed by atoms with Gasteiger partial charge in [0.2, 0.25) is 0 Å². The van der Waals surface area contributed by atoms with Crippen LogP contribution in [0.2, 0.25) is 0 Å². The minimum atomic E-state index is -0.355. The molecule has 0 aliphatic heterocycles. The summed E-state index contributed by atoms with van der Waals surface area (Å²) >= 11 is 9.47. The predicted octanol–water partition coefficient (Wildman–Crippen LogP) is 3.10. The van der Waals surface area contributed by atoms with Gasteiger partial charge in [-0.3, -0.25) is 4.79 Å². The van der Waals surface area contributed by atoms with E-state index in [0.29, 0.717) is 11.4 Å². The molecule has 0 unspecified atom stereocenters. The molecule has 1 rings (SSSR count). The Morgan fingerprint density at radius 1 is 1.71 bits per heavy atom. The van der Waals surface area contributed by atoms with Crippen molar-refractivity contribution < 1.29 is 4.79 Å². The van der Waals surface area contributed by atoms with Gasteiger partial charge in [-0.05, 0) is 42.5 Å². The molecule has 5 heteroatoms. The van der Waals surface area contributed by atoms with Crippen LogP contribution in [0.5, 0.6) is 0 Å². The summed E-state index contributed by atoms with van der Waals surface area (Å²) in [4.78, 5) is 11.7. The van der Waals surface area contributed by atoms with Gasteiger partial charge < -0.3 is 5.32 Å². The number of rotatable bonds is 3. The van der Waals surface area contributed by atoms with E-state index in [1.807, 2.05) is 25.3 Å². The van der Waals surface area contributed by atoms with Gasteiger partial charge in [-0.25, -0.2) is 0 Å². The van der Waals surface area contributed by atoms with Crippen molar-refractivity contribution in [2.24, 2.45) is 0 Å². The van der Waals surface area contributed by atoms with E-state index in [4.69, 9.17) is 11.6 Å². The average molecular weight is 344 g/mol. The van der Waals surface area contributed by atoms with Gasteiger partial charge in [0.25, 0.3) is 5.91 Å². The molecular formula is C9H11ClINOS. The van der Waals surface area contributed by atoms with Crippen LogP contribution in [0.15, 0.2) is 11.4 Å². The fourth-order valence-corrected chi connectivity index (χ4v) is 2.24. The molecular weight excluding hydrogens is 333 g/mol. The van der Waals surface area contributed by atoms with Crippen LogP contribution in [0.4, 0.5) is 0 Å². The normalized spacial score (nSPS) is 11.4. The molecule has 0 spiro atoms. The molecule has 0 saturated heterocycles. The van der Waals surface area contributed by atoms with Crippen LogP contribution in [0, 0.1) is 2.88 Å². The third-order valence-corrected chi connectivity index (χ3v) is 4.07. The highest BCUT2D eigenvalue weighted by molar-refractivity contribution is 14.1. The maximum absolute atomic E-state index is 11.7. The highest BCUT2D eigenvalue weighted by Crippen LogP contribution is 2.17. The maximum Gasteiger partial charge on any atom is 0.252 e.